The number of nitrogens with zero attached hydrogens (tertiary/aromatic N) is 2. The minimum absolute atomic E-state index is 0.215. The maximum atomic E-state index is 11.7. The highest BCUT2D eigenvalue weighted by Crippen LogP contribution is 2.30. The van der Waals surface area contributed by atoms with Crippen molar-refractivity contribution in [2.75, 3.05) is 6.61 Å². The number of carbonyl (C=O) groups excluding carboxylic acids is 2. The summed E-state index contributed by atoms with van der Waals surface area (Å²) in [4.78, 5) is 22.5. The van der Waals surface area contributed by atoms with Crippen LogP contribution in [0.15, 0.2) is 22.8 Å². The monoisotopic (exact) mass is 327 g/mol. The number of rotatable bonds is 2. The van der Waals surface area contributed by atoms with Crippen LogP contribution in [0.1, 0.15) is 6.92 Å². The summed E-state index contributed by atoms with van der Waals surface area (Å²) in [5.74, 6) is 0.215. The van der Waals surface area contributed by atoms with Gasteiger partial charge in [0.05, 0.1) is 23.7 Å². The van der Waals surface area contributed by atoms with Crippen LogP contribution in [0.3, 0.4) is 0 Å². The van der Waals surface area contributed by atoms with E-state index in [9.17, 15) is 9.59 Å². The van der Waals surface area contributed by atoms with Crippen LogP contribution in [0, 0.1) is 0 Å². The van der Waals surface area contributed by atoms with E-state index in [1.54, 1.807) is 19.1 Å². The zero-order valence-electron chi connectivity index (χ0n) is 9.92. The van der Waals surface area contributed by atoms with Crippen molar-refractivity contribution in [2.45, 2.75) is 6.92 Å². The summed E-state index contributed by atoms with van der Waals surface area (Å²) in [7, 11) is 0. The summed E-state index contributed by atoms with van der Waals surface area (Å²) in [5.41, 5.74) is 5.43. The molecule has 0 saturated carbocycles. The number of aromatic nitrogens is 2. The van der Waals surface area contributed by atoms with E-state index in [2.05, 4.69) is 21.0 Å². The number of primary amides is 1. The maximum absolute atomic E-state index is 11.7. The van der Waals surface area contributed by atoms with Gasteiger partial charge < -0.3 is 15.2 Å². The predicted octanol–water partition coefficient (Wildman–Crippen LogP) is 2.26. The van der Waals surface area contributed by atoms with Crippen molar-refractivity contribution in [2.24, 2.45) is 5.73 Å². The molecule has 0 unspecified atom stereocenters. The van der Waals surface area contributed by atoms with Crippen molar-refractivity contribution in [3.8, 4) is 5.75 Å². The number of hydrogen-bond donors (Lipinski definition) is 1. The molecule has 0 radical (unpaired) electrons. The summed E-state index contributed by atoms with van der Waals surface area (Å²) >= 11 is 3.25. The molecule has 2 N–H and O–H groups in total. The lowest BCUT2D eigenvalue weighted by molar-refractivity contribution is 0.151. The Morgan fingerprint density at radius 1 is 1.47 bits per heavy atom. The second-order valence-electron chi connectivity index (χ2n) is 3.51. The second kappa shape index (κ2) is 5.27. The molecule has 0 aliphatic heterocycles. The Hall–Kier alpha value is -2.09. The first-order valence-corrected chi connectivity index (χ1v) is 6.14. The van der Waals surface area contributed by atoms with Gasteiger partial charge in [0.1, 0.15) is 5.75 Å². The van der Waals surface area contributed by atoms with Gasteiger partial charge in [-0.25, -0.2) is 9.59 Å². The van der Waals surface area contributed by atoms with E-state index in [4.69, 9.17) is 15.2 Å². The van der Waals surface area contributed by atoms with E-state index in [0.29, 0.717) is 15.4 Å². The van der Waals surface area contributed by atoms with Gasteiger partial charge in [-0.1, -0.05) is 15.9 Å². The Morgan fingerprint density at radius 3 is 2.84 bits per heavy atom. The lowest BCUT2D eigenvalue weighted by Crippen LogP contribution is -2.16. The molecule has 0 aliphatic carbocycles. The van der Waals surface area contributed by atoms with Crippen molar-refractivity contribution in [1.82, 2.24) is 9.78 Å². The smallest absolute Gasteiger partial charge is 0.435 e. The maximum Gasteiger partial charge on any atom is 0.435 e. The summed E-state index contributed by atoms with van der Waals surface area (Å²) in [6.45, 7) is 1.93. The number of halogens is 1. The summed E-state index contributed by atoms with van der Waals surface area (Å²) < 4.78 is 11.4. The third-order valence-corrected chi connectivity index (χ3v) is 2.72. The zero-order valence-corrected chi connectivity index (χ0v) is 11.5. The summed E-state index contributed by atoms with van der Waals surface area (Å²) in [5, 5.41) is 4.39. The number of ether oxygens (including phenoxy) is 2. The number of carbonyl (C=O) groups is 2. The molecular weight excluding hydrogens is 318 g/mol. The summed E-state index contributed by atoms with van der Waals surface area (Å²) in [6, 6.07) is 3.22. The third-order valence-electron chi connectivity index (χ3n) is 2.27. The molecule has 0 atom stereocenters. The average Bonchev–Trinajstić information content (AvgIpc) is 2.72. The predicted molar refractivity (Wildman–Crippen MR) is 70.1 cm³/mol. The van der Waals surface area contributed by atoms with E-state index in [-0.39, 0.29) is 12.4 Å². The standard InChI is InChI=1S/C11H10BrN3O4/c1-2-18-11(17)15-8-3-6(12)4-9(19-10(13)16)7(8)5-14-15/h3-5H,2H2,1H3,(H2,13,16). The molecule has 100 valence electrons. The van der Waals surface area contributed by atoms with Crippen LogP contribution < -0.4 is 10.5 Å². The van der Waals surface area contributed by atoms with E-state index < -0.39 is 12.2 Å². The first-order chi connectivity index (χ1) is 9.02. The Labute approximate surface area is 116 Å². The van der Waals surface area contributed by atoms with Crippen molar-refractivity contribution in [1.29, 1.82) is 0 Å². The molecule has 1 aromatic carbocycles. The van der Waals surface area contributed by atoms with Gasteiger partial charge in [-0.15, -0.1) is 0 Å². The van der Waals surface area contributed by atoms with Crippen LogP contribution >= 0.6 is 15.9 Å². The van der Waals surface area contributed by atoms with Crippen molar-refractivity contribution < 1.29 is 19.1 Å². The summed E-state index contributed by atoms with van der Waals surface area (Å²) in [6.07, 6.45) is -0.152. The third kappa shape index (κ3) is 2.68. The molecule has 1 amide bonds. The van der Waals surface area contributed by atoms with Crippen LogP contribution in [0.5, 0.6) is 5.75 Å². The van der Waals surface area contributed by atoms with Crippen molar-refractivity contribution >= 4 is 39.0 Å². The lowest BCUT2D eigenvalue weighted by atomic mass is 10.2. The highest BCUT2D eigenvalue weighted by atomic mass is 79.9. The Kier molecular flexibility index (Phi) is 3.70. The van der Waals surface area contributed by atoms with Gasteiger partial charge in [0.15, 0.2) is 0 Å². The lowest BCUT2D eigenvalue weighted by Gasteiger charge is -2.05. The molecule has 0 bridgehead atoms. The number of amides is 1. The van der Waals surface area contributed by atoms with Gasteiger partial charge in [-0.3, -0.25) is 0 Å². The van der Waals surface area contributed by atoms with Crippen molar-refractivity contribution in [3.63, 3.8) is 0 Å². The van der Waals surface area contributed by atoms with E-state index in [1.165, 1.54) is 6.20 Å². The van der Waals surface area contributed by atoms with Crippen LogP contribution in [0.4, 0.5) is 9.59 Å². The molecule has 8 heteroatoms. The molecule has 19 heavy (non-hydrogen) atoms. The van der Waals surface area contributed by atoms with Gasteiger partial charge in [0, 0.05) is 4.47 Å². The fraction of sp³-hybridized carbons (Fsp3) is 0.182. The zero-order chi connectivity index (χ0) is 14.0. The highest BCUT2D eigenvalue weighted by Gasteiger charge is 2.16. The quantitative estimate of drug-likeness (QED) is 0.912. The fourth-order valence-corrected chi connectivity index (χ4v) is 2.01. The second-order valence-corrected chi connectivity index (χ2v) is 4.43. The van der Waals surface area contributed by atoms with Crippen LogP contribution in [0.2, 0.25) is 0 Å². The van der Waals surface area contributed by atoms with Gasteiger partial charge in [0.25, 0.3) is 0 Å². The molecular formula is C11H10BrN3O4. The molecule has 0 fully saturated rings. The van der Waals surface area contributed by atoms with Crippen molar-refractivity contribution in [3.05, 3.63) is 22.8 Å². The Bertz CT molecular complexity index is 653. The van der Waals surface area contributed by atoms with Crippen LogP contribution in [0.25, 0.3) is 10.9 Å². The normalized spacial score (nSPS) is 10.4. The molecule has 0 saturated heterocycles. The number of nitrogens with two attached hydrogens (primary N) is 1. The molecule has 7 nitrogen and oxygen atoms in total. The van der Waals surface area contributed by atoms with Gasteiger partial charge in [0.2, 0.25) is 0 Å². The average molecular weight is 328 g/mol. The minimum atomic E-state index is -0.941. The Balaban J connectivity index is 2.56. The number of hydrogen-bond acceptors (Lipinski definition) is 5. The van der Waals surface area contributed by atoms with E-state index in [0.717, 1.165) is 4.68 Å². The first kappa shape index (κ1) is 13.3. The number of benzene rings is 1. The molecule has 1 heterocycles. The largest absolute Gasteiger partial charge is 0.448 e. The molecule has 2 rings (SSSR count). The van der Waals surface area contributed by atoms with Gasteiger partial charge in [-0.2, -0.15) is 9.78 Å². The van der Waals surface area contributed by atoms with E-state index >= 15 is 0 Å². The van der Waals surface area contributed by atoms with Gasteiger partial charge in [-0.05, 0) is 19.1 Å². The molecule has 1 aromatic heterocycles. The fourth-order valence-electron chi connectivity index (χ4n) is 1.58. The first-order valence-electron chi connectivity index (χ1n) is 5.34. The highest BCUT2D eigenvalue weighted by molar-refractivity contribution is 9.10. The molecule has 0 aliphatic rings. The van der Waals surface area contributed by atoms with Gasteiger partial charge >= 0.3 is 12.2 Å². The van der Waals surface area contributed by atoms with Crippen LogP contribution in [-0.2, 0) is 4.74 Å². The van der Waals surface area contributed by atoms with E-state index in [1.807, 2.05) is 0 Å². The molecule has 0 spiro atoms. The topological polar surface area (TPSA) is 96.4 Å². The number of fused-ring (bicyclic) bond motifs is 1. The SMILES string of the molecule is CCOC(=O)n1ncc2c(OC(N)=O)cc(Br)cc21. The van der Waals surface area contributed by atoms with Crippen LogP contribution in [-0.4, -0.2) is 28.6 Å². The minimum Gasteiger partial charge on any atom is -0.448 e. The molecule has 2 aromatic rings. The Morgan fingerprint density at radius 2 is 2.21 bits per heavy atom.